The molecule has 3 nitrogen and oxygen atoms in total. The zero-order valence-electron chi connectivity index (χ0n) is 9.86. The van der Waals surface area contributed by atoms with Crippen LogP contribution in [0.1, 0.15) is 24.5 Å². The summed E-state index contributed by atoms with van der Waals surface area (Å²) < 4.78 is 0. The number of nitrogens with one attached hydrogen (secondary N) is 1. The van der Waals surface area contributed by atoms with Gasteiger partial charge in [0.25, 0.3) is 0 Å². The van der Waals surface area contributed by atoms with Crippen molar-refractivity contribution in [2.24, 2.45) is 0 Å². The number of hydrogen-bond donors (Lipinski definition) is 2. The molecule has 0 bridgehead atoms. The molecule has 2 N–H and O–H groups in total. The first-order valence-corrected chi connectivity index (χ1v) is 5.57. The average molecular weight is 221 g/mol. The van der Waals surface area contributed by atoms with Crippen LogP contribution in [0.15, 0.2) is 24.3 Å². The van der Waals surface area contributed by atoms with Gasteiger partial charge in [0.05, 0.1) is 6.42 Å². The van der Waals surface area contributed by atoms with Crippen LogP contribution in [0.5, 0.6) is 0 Å². The molecule has 0 radical (unpaired) electrons. The van der Waals surface area contributed by atoms with Crippen molar-refractivity contribution in [2.45, 2.75) is 32.7 Å². The van der Waals surface area contributed by atoms with Gasteiger partial charge in [0.1, 0.15) is 0 Å². The third kappa shape index (κ3) is 4.45. The number of benzene rings is 1. The Kier molecular flexibility index (Phi) is 4.99. The van der Waals surface area contributed by atoms with Gasteiger partial charge in [-0.15, -0.1) is 0 Å². The summed E-state index contributed by atoms with van der Waals surface area (Å²) in [4.78, 5) is 11.6. The molecule has 1 aromatic carbocycles. The molecule has 16 heavy (non-hydrogen) atoms. The number of aliphatic hydroxyl groups is 1. The summed E-state index contributed by atoms with van der Waals surface area (Å²) in [6.45, 7) is 4.01. The quantitative estimate of drug-likeness (QED) is 0.790. The predicted octanol–water partition coefficient (Wildman–Crippen LogP) is 1.42. The van der Waals surface area contributed by atoms with Gasteiger partial charge in [-0.25, -0.2) is 0 Å². The van der Waals surface area contributed by atoms with Crippen molar-refractivity contribution in [3.63, 3.8) is 0 Å². The molecule has 1 aromatic rings. The number of hydrogen-bond acceptors (Lipinski definition) is 2. The predicted molar refractivity (Wildman–Crippen MR) is 64.2 cm³/mol. The fourth-order valence-corrected chi connectivity index (χ4v) is 1.60. The van der Waals surface area contributed by atoms with Crippen LogP contribution in [0.2, 0.25) is 0 Å². The van der Waals surface area contributed by atoms with Gasteiger partial charge in [0, 0.05) is 12.6 Å². The van der Waals surface area contributed by atoms with E-state index in [-0.39, 0.29) is 18.6 Å². The van der Waals surface area contributed by atoms with Crippen LogP contribution in [0.3, 0.4) is 0 Å². The molecule has 3 heteroatoms. The zero-order chi connectivity index (χ0) is 12.0. The summed E-state index contributed by atoms with van der Waals surface area (Å²) in [5.41, 5.74) is 2.18. The summed E-state index contributed by atoms with van der Waals surface area (Å²) in [5, 5.41) is 11.6. The Morgan fingerprint density at radius 3 is 2.88 bits per heavy atom. The first-order valence-electron chi connectivity index (χ1n) is 5.57. The number of aliphatic hydroxyl groups excluding tert-OH is 1. The Morgan fingerprint density at radius 2 is 2.25 bits per heavy atom. The highest BCUT2D eigenvalue weighted by atomic mass is 16.3. The van der Waals surface area contributed by atoms with Crippen molar-refractivity contribution in [1.82, 2.24) is 5.32 Å². The molecule has 0 spiro atoms. The van der Waals surface area contributed by atoms with Crippen LogP contribution in [0, 0.1) is 6.92 Å². The summed E-state index contributed by atoms with van der Waals surface area (Å²) in [5.74, 6) is 0.00606. The SMILES string of the molecule is Cc1cccc(CC(=O)NC(C)CCO)c1. The Labute approximate surface area is 96.5 Å². The molecule has 1 rings (SSSR count). The minimum absolute atomic E-state index is 0.00606. The van der Waals surface area contributed by atoms with Gasteiger partial charge < -0.3 is 10.4 Å². The van der Waals surface area contributed by atoms with Crippen molar-refractivity contribution in [2.75, 3.05) is 6.61 Å². The second kappa shape index (κ2) is 6.28. The van der Waals surface area contributed by atoms with Crippen molar-refractivity contribution < 1.29 is 9.90 Å². The maximum Gasteiger partial charge on any atom is 0.224 e. The number of aryl methyl sites for hydroxylation is 1. The molecule has 0 aliphatic rings. The van der Waals surface area contributed by atoms with E-state index in [9.17, 15) is 4.79 Å². The van der Waals surface area contributed by atoms with E-state index in [4.69, 9.17) is 5.11 Å². The number of carbonyl (C=O) groups is 1. The lowest BCUT2D eigenvalue weighted by atomic mass is 10.1. The normalized spacial score (nSPS) is 12.2. The minimum Gasteiger partial charge on any atom is -0.396 e. The molecule has 0 saturated carbocycles. The maximum absolute atomic E-state index is 11.6. The summed E-state index contributed by atoms with van der Waals surface area (Å²) >= 11 is 0. The van der Waals surface area contributed by atoms with Gasteiger partial charge >= 0.3 is 0 Å². The smallest absolute Gasteiger partial charge is 0.224 e. The molecule has 88 valence electrons. The average Bonchev–Trinajstić information content (AvgIpc) is 2.17. The minimum atomic E-state index is 0.00606. The van der Waals surface area contributed by atoms with Crippen LogP contribution >= 0.6 is 0 Å². The van der Waals surface area contributed by atoms with E-state index in [2.05, 4.69) is 5.32 Å². The fourth-order valence-electron chi connectivity index (χ4n) is 1.60. The molecule has 0 aliphatic carbocycles. The Morgan fingerprint density at radius 1 is 1.50 bits per heavy atom. The highest BCUT2D eigenvalue weighted by Crippen LogP contribution is 2.04. The topological polar surface area (TPSA) is 49.3 Å². The van der Waals surface area contributed by atoms with Crippen molar-refractivity contribution in [3.8, 4) is 0 Å². The lowest BCUT2D eigenvalue weighted by Gasteiger charge is -2.12. The lowest BCUT2D eigenvalue weighted by molar-refractivity contribution is -0.121. The van der Waals surface area contributed by atoms with E-state index in [0.29, 0.717) is 12.8 Å². The van der Waals surface area contributed by atoms with Crippen molar-refractivity contribution in [1.29, 1.82) is 0 Å². The molecule has 0 saturated heterocycles. The molecule has 0 aliphatic heterocycles. The van der Waals surface area contributed by atoms with Crippen LogP contribution in [0.4, 0.5) is 0 Å². The first kappa shape index (κ1) is 12.7. The van der Waals surface area contributed by atoms with Gasteiger partial charge in [-0.1, -0.05) is 29.8 Å². The summed E-state index contributed by atoms with van der Waals surface area (Å²) in [6.07, 6.45) is 0.997. The summed E-state index contributed by atoms with van der Waals surface area (Å²) in [7, 11) is 0. The maximum atomic E-state index is 11.6. The number of rotatable bonds is 5. The second-order valence-electron chi connectivity index (χ2n) is 4.15. The largest absolute Gasteiger partial charge is 0.396 e. The van der Waals surface area contributed by atoms with E-state index in [0.717, 1.165) is 11.1 Å². The molecular formula is C13H19NO2. The van der Waals surface area contributed by atoms with Crippen LogP contribution in [-0.4, -0.2) is 23.7 Å². The Hall–Kier alpha value is -1.35. The van der Waals surface area contributed by atoms with Crippen LogP contribution in [0.25, 0.3) is 0 Å². The Bertz CT molecular complexity index is 350. The zero-order valence-corrected chi connectivity index (χ0v) is 9.86. The standard InChI is InChI=1S/C13H19NO2/c1-10-4-3-5-12(8-10)9-13(16)14-11(2)6-7-15/h3-5,8,11,15H,6-7,9H2,1-2H3,(H,14,16). The molecule has 0 fully saturated rings. The molecule has 1 atom stereocenters. The van der Waals surface area contributed by atoms with Gasteiger partial charge in [-0.05, 0) is 25.8 Å². The lowest BCUT2D eigenvalue weighted by Crippen LogP contribution is -2.34. The monoisotopic (exact) mass is 221 g/mol. The van der Waals surface area contributed by atoms with E-state index < -0.39 is 0 Å². The third-order valence-corrected chi connectivity index (χ3v) is 2.42. The van der Waals surface area contributed by atoms with E-state index in [1.54, 1.807) is 0 Å². The highest BCUT2D eigenvalue weighted by Gasteiger charge is 2.07. The molecule has 0 heterocycles. The first-order chi connectivity index (χ1) is 7.61. The van der Waals surface area contributed by atoms with E-state index in [1.807, 2.05) is 38.1 Å². The molecule has 1 unspecified atom stereocenters. The molecule has 0 aromatic heterocycles. The fraction of sp³-hybridized carbons (Fsp3) is 0.462. The van der Waals surface area contributed by atoms with E-state index in [1.165, 1.54) is 0 Å². The van der Waals surface area contributed by atoms with Gasteiger partial charge in [-0.2, -0.15) is 0 Å². The van der Waals surface area contributed by atoms with Gasteiger partial charge in [0.15, 0.2) is 0 Å². The van der Waals surface area contributed by atoms with Gasteiger partial charge in [-0.3, -0.25) is 4.79 Å². The van der Waals surface area contributed by atoms with Crippen LogP contribution in [-0.2, 0) is 11.2 Å². The number of carbonyl (C=O) groups excluding carboxylic acids is 1. The second-order valence-corrected chi connectivity index (χ2v) is 4.15. The number of amides is 1. The third-order valence-electron chi connectivity index (χ3n) is 2.42. The van der Waals surface area contributed by atoms with Gasteiger partial charge in [0.2, 0.25) is 5.91 Å². The Balaban J connectivity index is 2.45. The van der Waals surface area contributed by atoms with Crippen LogP contribution < -0.4 is 5.32 Å². The van der Waals surface area contributed by atoms with Crippen molar-refractivity contribution in [3.05, 3.63) is 35.4 Å². The molecular weight excluding hydrogens is 202 g/mol. The molecule has 1 amide bonds. The van der Waals surface area contributed by atoms with E-state index >= 15 is 0 Å². The summed E-state index contributed by atoms with van der Waals surface area (Å²) in [6, 6.07) is 7.95. The van der Waals surface area contributed by atoms with Crippen molar-refractivity contribution >= 4 is 5.91 Å². The highest BCUT2D eigenvalue weighted by molar-refractivity contribution is 5.78.